The van der Waals surface area contributed by atoms with Crippen molar-refractivity contribution >= 4 is 21.7 Å². The number of fused-ring (bicyclic) bond motifs is 1. The third kappa shape index (κ3) is 4.55. The first-order chi connectivity index (χ1) is 13.3. The number of halogens is 3. The number of nitrogens with zero attached hydrogens (tertiary/aromatic N) is 2. The summed E-state index contributed by atoms with van der Waals surface area (Å²) in [7, 11) is -4.04. The highest BCUT2D eigenvalue weighted by Gasteiger charge is 2.43. The number of nitrogens with one attached hydrogen (secondary N) is 1. The third-order valence-electron chi connectivity index (χ3n) is 4.52. The predicted octanol–water partition coefficient (Wildman–Crippen LogP) is 3.22. The summed E-state index contributed by atoms with van der Waals surface area (Å²) >= 11 is 0. The summed E-state index contributed by atoms with van der Waals surface area (Å²) in [6.45, 7) is 5.25. The van der Waals surface area contributed by atoms with E-state index in [1.165, 1.54) is 18.2 Å². The molecular formula is C18H20F3N3O4S. The second kappa shape index (κ2) is 7.05. The SMILES string of the molecule is CC(C)(C)c1cc(NS(=O)(=O)c2ccc3c(c2)CN(C(=O)C(F)(F)F)CC3)no1. The molecule has 1 aromatic heterocycles. The van der Waals surface area contributed by atoms with Crippen LogP contribution in [0.5, 0.6) is 0 Å². The smallest absolute Gasteiger partial charge is 0.359 e. The van der Waals surface area contributed by atoms with E-state index in [9.17, 15) is 26.4 Å². The van der Waals surface area contributed by atoms with Crippen LogP contribution >= 0.6 is 0 Å². The summed E-state index contributed by atoms with van der Waals surface area (Å²) in [6, 6.07) is 5.66. The van der Waals surface area contributed by atoms with Gasteiger partial charge in [0.25, 0.3) is 10.0 Å². The molecule has 0 radical (unpaired) electrons. The summed E-state index contributed by atoms with van der Waals surface area (Å²) < 4.78 is 70.9. The van der Waals surface area contributed by atoms with Crippen molar-refractivity contribution in [2.45, 2.75) is 50.2 Å². The molecule has 29 heavy (non-hydrogen) atoms. The zero-order chi connectivity index (χ0) is 21.6. The lowest BCUT2D eigenvalue weighted by Crippen LogP contribution is -2.43. The first-order valence-corrected chi connectivity index (χ1v) is 10.2. The number of hydrogen-bond acceptors (Lipinski definition) is 5. The second-order valence-corrected chi connectivity index (χ2v) is 9.52. The molecule has 0 saturated carbocycles. The predicted molar refractivity (Wildman–Crippen MR) is 97.6 cm³/mol. The van der Waals surface area contributed by atoms with Gasteiger partial charge in [0.15, 0.2) is 5.82 Å². The first kappa shape index (κ1) is 21.2. The van der Waals surface area contributed by atoms with E-state index in [1.807, 2.05) is 20.8 Å². The summed E-state index contributed by atoms with van der Waals surface area (Å²) in [5.74, 6) is -1.45. The van der Waals surface area contributed by atoms with E-state index in [0.29, 0.717) is 21.8 Å². The number of sulfonamides is 1. The van der Waals surface area contributed by atoms with Gasteiger partial charge in [0, 0.05) is 24.6 Å². The number of amides is 1. The molecule has 0 saturated heterocycles. The van der Waals surface area contributed by atoms with Crippen LogP contribution in [0.4, 0.5) is 19.0 Å². The van der Waals surface area contributed by atoms with Gasteiger partial charge >= 0.3 is 12.1 Å². The fraction of sp³-hybridized carbons (Fsp3) is 0.444. The molecule has 0 spiro atoms. The van der Waals surface area contributed by atoms with Crippen LogP contribution in [0.15, 0.2) is 33.7 Å². The van der Waals surface area contributed by atoms with Crippen molar-refractivity contribution in [1.82, 2.24) is 10.1 Å². The van der Waals surface area contributed by atoms with Gasteiger partial charge in [-0.3, -0.25) is 9.52 Å². The molecule has 0 bridgehead atoms. The van der Waals surface area contributed by atoms with Gasteiger partial charge in [-0.2, -0.15) is 13.2 Å². The van der Waals surface area contributed by atoms with E-state index in [0.717, 1.165) is 0 Å². The zero-order valence-electron chi connectivity index (χ0n) is 16.0. The first-order valence-electron chi connectivity index (χ1n) is 8.75. The fourth-order valence-electron chi connectivity index (χ4n) is 2.93. The highest BCUT2D eigenvalue weighted by atomic mass is 32.2. The zero-order valence-corrected chi connectivity index (χ0v) is 16.8. The van der Waals surface area contributed by atoms with Crippen LogP contribution in [0.3, 0.4) is 0 Å². The Balaban J connectivity index is 1.83. The summed E-state index contributed by atoms with van der Waals surface area (Å²) in [5, 5.41) is 3.70. The number of rotatable bonds is 3. The highest BCUT2D eigenvalue weighted by Crippen LogP contribution is 2.28. The van der Waals surface area contributed by atoms with E-state index >= 15 is 0 Å². The quantitative estimate of drug-likeness (QED) is 0.806. The van der Waals surface area contributed by atoms with E-state index in [1.54, 1.807) is 6.07 Å². The van der Waals surface area contributed by atoms with Crippen molar-refractivity contribution in [2.75, 3.05) is 11.3 Å². The Morgan fingerprint density at radius 2 is 1.86 bits per heavy atom. The molecule has 1 amide bonds. The van der Waals surface area contributed by atoms with Crippen LogP contribution in [-0.2, 0) is 33.2 Å². The van der Waals surface area contributed by atoms with Crippen molar-refractivity contribution < 1.29 is 30.9 Å². The summed E-state index contributed by atoms with van der Waals surface area (Å²) in [5.41, 5.74) is 0.690. The molecule has 0 fully saturated rings. The number of benzene rings is 1. The van der Waals surface area contributed by atoms with E-state index in [2.05, 4.69) is 9.88 Å². The number of carbonyl (C=O) groups is 1. The van der Waals surface area contributed by atoms with Crippen LogP contribution < -0.4 is 4.72 Å². The molecule has 1 N–H and O–H groups in total. The van der Waals surface area contributed by atoms with Crippen molar-refractivity contribution in [3.05, 3.63) is 41.2 Å². The van der Waals surface area contributed by atoms with E-state index in [-0.39, 0.29) is 35.6 Å². The molecule has 11 heteroatoms. The Hall–Kier alpha value is -2.56. The largest absolute Gasteiger partial charge is 0.471 e. The Morgan fingerprint density at radius 1 is 1.17 bits per heavy atom. The monoisotopic (exact) mass is 431 g/mol. The van der Waals surface area contributed by atoms with Gasteiger partial charge in [0.2, 0.25) is 0 Å². The molecule has 2 aromatic rings. The van der Waals surface area contributed by atoms with Crippen molar-refractivity contribution in [1.29, 1.82) is 0 Å². The average Bonchev–Trinajstić information content (AvgIpc) is 3.07. The topological polar surface area (TPSA) is 92.5 Å². The average molecular weight is 431 g/mol. The number of anilines is 1. The Labute approximate surface area is 165 Å². The molecule has 1 aliphatic rings. The molecule has 0 aliphatic carbocycles. The normalized spacial score (nSPS) is 15.2. The molecule has 1 aromatic carbocycles. The van der Waals surface area contributed by atoms with Gasteiger partial charge in [0.05, 0.1) is 4.90 Å². The number of alkyl halides is 3. The minimum Gasteiger partial charge on any atom is -0.359 e. The van der Waals surface area contributed by atoms with Gasteiger partial charge in [-0.1, -0.05) is 32.0 Å². The summed E-state index contributed by atoms with van der Waals surface area (Å²) in [6.07, 6.45) is -4.76. The highest BCUT2D eigenvalue weighted by molar-refractivity contribution is 7.92. The number of aromatic nitrogens is 1. The fourth-order valence-corrected chi connectivity index (χ4v) is 3.96. The lowest BCUT2D eigenvalue weighted by Gasteiger charge is -2.29. The van der Waals surface area contributed by atoms with Crippen molar-refractivity contribution in [3.63, 3.8) is 0 Å². The second-order valence-electron chi connectivity index (χ2n) is 7.84. The molecule has 1 aliphatic heterocycles. The lowest BCUT2D eigenvalue weighted by atomic mass is 9.93. The molecule has 7 nitrogen and oxygen atoms in total. The maximum atomic E-state index is 12.7. The third-order valence-corrected chi connectivity index (χ3v) is 5.87. The standard InChI is InChI=1S/C18H20F3N3O4S/c1-17(2,3)14-9-15(22-28-14)23-29(26,27)13-5-4-11-6-7-24(10-12(11)8-13)16(25)18(19,20)21/h4-5,8-9H,6-7,10H2,1-3H3,(H,22,23). The van der Waals surface area contributed by atoms with Crippen LogP contribution in [0.2, 0.25) is 0 Å². The molecule has 3 rings (SSSR count). The Morgan fingerprint density at radius 3 is 2.45 bits per heavy atom. The van der Waals surface area contributed by atoms with Gasteiger partial charge in [-0.15, -0.1) is 0 Å². The minimum absolute atomic E-state index is 0.00141. The molecule has 158 valence electrons. The van der Waals surface area contributed by atoms with Gasteiger partial charge in [-0.25, -0.2) is 8.42 Å². The van der Waals surface area contributed by atoms with Crippen molar-refractivity contribution in [3.8, 4) is 0 Å². The van der Waals surface area contributed by atoms with Gasteiger partial charge < -0.3 is 9.42 Å². The van der Waals surface area contributed by atoms with Crippen molar-refractivity contribution in [2.24, 2.45) is 0 Å². The van der Waals surface area contributed by atoms with E-state index in [4.69, 9.17) is 4.52 Å². The Bertz CT molecular complexity index is 1040. The van der Waals surface area contributed by atoms with Crippen LogP contribution in [-0.4, -0.2) is 37.1 Å². The number of carbonyl (C=O) groups excluding carboxylic acids is 1. The summed E-state index contributed by atoms with van der Waals surface area (Å²) in [4.78, 5) is 12.0. The van der Waals surface area contributed by atoms with Gasteiger partial charge in [-0.05, 0) is 29.7 Å². The van der Waals surface area contributed by atoms with Gasteiger partial charge in [0.1, 0.15) is 5.76 Å². The maximum absolute atomic E-state index is 12.7. The molecule has 0 unspecified atom stereocenters. The minimum atomic E-state index is -4.97. The lowest BCUT2D eigenvalue weighted by molar-refractivity contribution is -0.186. The maximum Gasteiger partial charge on any atom is 0.471 e. The van der Waals surface area contributed by atoms with Crippen LogP contribution in [0.1, 0.15) is 37.7 Å². The molecular weight excluding hydrogens is 411 g/mol. The van der Waals surface area contributed by atoms with Crippen LogP contribution in [0.25, 0.3) is 0 Å². The molecule has 2 heterocycles. The molecule has 0 atom stereocenters. The van der Waals surface area contributed by atoms with E-state index < -0.39 is 22.1 Å². The Kier molecular flexibility index (Phi) is 5.14. The van der Waals surface area contributed by atoms with Crippen LogP contribution in [0, 0.1) is 0 Å². The number of hydrogen-bond donors (Lipinski definition) is 1.